The summed E-state index contributed by atoms with van der Waals surface area (Å²) in [4.78, 5) is 16.5. The minimum atomic E-state index is -0.298. The maximum Gasteiger partial charge on any atom is 0.274 e. The molecule has 0 radical (unpaired) electrons. The van der Waals surface area contributed by atoms with Gasteiger partial charge in [0.05, 0.1) is 23.5 Å². The lowest BCUT2D eigenvalue weighted by Crippen LogP contribution is -2.13. The Kier molecular flexibility index (Phi) is 4.95. The van der Waals surface area contributed by atoms with Crippen LogP contribution in [0.1, 0.15) is 27.2 Å². The molecular weight excluding hydrogens is 324 g/mol. The molecule has 2 N–H and O–H groups in total. The van der Waals surface area contributed by atoms with Crippen LogP contribution in [0.5, 0.6) is 0 Å². The SMILES string of the molecule is Cc1ccc(Nc2ccc(C(=O)Nc3ccc(C#N)cc3)nc2)c(C)c1. The van der Waals surface area contributed by atoms with E-state index in [9.17, 15) is 4.79 Å². The van der Waals surface area contributed by atoms with Gasteiger partial charge in [-0.1, -0.05) is 17.7 Å². The van der Waals surface area contributed by atoms with Crippen LogP contribution in [0.15, 0.2) is 60.8 Å². The van der Waals surface area contributed by atoms with Crippen LogP contribution in [-0.2, 0) is 0 Å². The van der Waals surface area contributed by atoms with E-state index in [2.05, 4.69) is 28.6 Å². The lowest BCUT2D eigenvalue weighted by atomic mass is 10.1. The highest BCUT2D eigenvalue weighted by Crippen LogP contribution is 2.21. The number of anilines is 3. The zero-order chi connectivity index (χ0) is 18.5. The Hall–Kier alpha value is -3.65. The first-order chi connectivity index (χ1) is 12.5. The standard InChI is InChI=1S/C21H18N4O/c1-14-3-9-19(15(2)11-14)24-18-8-10-20(23-13-18)21(26)25-17-6-4-16(12-22)5-7-17/h3-11,13,24H,1-2H3,(H,25,26). The molecular formula is C21H18N4O. The molecule has 0 fully saturated rings. The Morgan fingerprint density at radius 3 is 2.35 bits per heavy atom. The van der Waals surface area contributed by atoms with E-state index in [1.807, 2.05) is 31.2 Å². The van der Waals surface area contributed by atoms with E-state index in [4.69, 9.17) is 5.26 Å². The van der Waals surface area contributed by atoms with Crippen molar-refractivity contribution in [1.82, 2.24) is 4.98 Å². The topological polar surface area (TPSA) is 77.8 Å². The van der Waals surface area contributed by atoms with Gasteiger partial charge in [0.15, 0.2) is 0 Å². The molecule has 0 aliphatic heterocycles. The van der Waals surface area contributed by atoms with Crippen molar-refractivity contribution >= 4 is 23.0 Å². The van der Waals surface area contributed by atoms with E-state index >= 15 is 0 Å². The van der Waals surface area contributed by atoms with Crippen molar-refractivity contribution in [3.8, 4) is 6.07 Å². The van der Waals surface area contributed by atoms with Crippen LogP contribution >= 0.6 is 0 Å². The van der Waals surface area contributed by atoms with E-state index in [-0.39, 0.29) is 5.91 Å². The minimum Gasteiger partial charge on any atom is -0.354 e. The fraction of sp³-hybridized carbons (Fsp3) is 0.0952. The number of amides is 1. The van der Waals surface area contributed by atoms with Crippen LogP contribution in [0.4, 0.5) is 17.1 Å². The van der Waals surface area contributed by atoms with Gasteiger partial charge in [-0.05, 0) is 61.9 Å². The molecule has 1 amide bonds. The molecule has 0 bridgehead atoms. The lowest BCUT2D eigenvalue weighted by molar-refractivity contribution is 0.102. The number of nitrogens with zero attached hydrogens (tertiary/aromatic N) is 2. The van der Waals surface area contributed by atoms with Crippen LogP contribution in [0.3, 0.4) is 0 Å². The molecule has 128 valence electrons. The van der Waals surface area contributed by atoms with Gasteiger partial charge in [-0.3, -0.25) is 4.79 Å². The normalized spacial score (nSPS) is 10.0. The molecule has 5 heteroatoms. The van der Waals surface area contributed by atoms with Gasteiger partial charge in [0, 0.05) is 11.4 Å². The Balaban J connectivity index is 1.68. The van der Waals surface area contributed by atoms with Crippen molar-refractivity contribution in [1.29, 1.82) is 5.26 Å². The Morgan fingerprint density at radius 2 is 1.73 bits per heavy atom. The van der Waals surface area contributed by atoms with E-state index in [1.165, 1.54) is 5.56 Å². The fourth-order valence-electron chi connectivity index (χ4n) is 2.53. The average molecular weight is 342 g/mol. The molecule has 1 aromatic heterocycles. The largest absolute Gasteiger partial charge is 0.354 e. The first-order valence-electron chi connectivity index (χ1n) is 8.17. The fourth-order valence-corrected chi connectivity index (χ4v) is 2.53. The number of carbonyl (C=O) groups is 1. The summed E-state index contributed by atoms with van der Waals surface area (Å²) in [5.74, 6) is -0.298. The molecule has 0 atom stereocenters. The summed E-state index contributed by atoms with van der Waals surface area (Å²) >= 11 is 0. The number of aromatic nitrogens is 1. The Morgan fingerprint density at radius 1 is 1.00 bits per heavy atom. The second kappa shape index (κ2) is 7.49. The number of hydrogen-bond acceptors (Lipinski definition) is 4. The number of hydrogen-bond donors (Lipinski definition) is 2. The number of pyridine rings is 1. The van der Waals surface area contributed by atoms with Crippen LogP contribution in [-0.4, -0.2) is 10.9 Å². The van der Waals surface area contributed by atoms with Crippen molar-refractivity contribution in [2.75, 3.05) is 10.6 Å². The smallest absolute Gasteiger partial charge is 0.274 e. The highest BCUT2D eigenvalue weighted by molar-refractivity contribution is 6.03. The summed E-state index contributed by atoms with van der Waals surface area (Å²) < 4.78 is 0. The van der Waals surface area contributed by atoms with Gasteiger partial charge in [-0.2, -0.15) is 5.26 Å². The predicted molar refractivity (Wildman–Crippen MR) is 103 cm³/mol. The van der Waals surface area contributed by atoms with E-state index in [1.54, 1.807) is 36.5 Å². The Bertz CT molecular complexity index is 970. The highest BCUT2D eigenvalue weighted by atomic mass is 16.1. The zero-order valence-corrected chi connectivity index (χ0v) is 14.6. The van der Waals surface area contributed by atoms with E-state index < -0.39 is 0 Å². The van der Waals surface area contributed by atoms with Crippen LogP contribution in [0.25, 0.3) is 0 Å². The summed E-state index contributed by atoms with van der Waals surface area (Å²) in [6.45, 7) is 4.10. The van der Waals surface area contributed by atoms with Crippen molar-refractivity contribution in [3.63, 3.8) is 0 Å². The van der Waals surface area contributed by atoms with Gasteiger partial charge < -0.3 is 10.6 Å². The second-order valence-electron chi connectivity index (χ2n) is 6.02. The average Bonchev–Trinajstić information content (AvgIpc) is 2.65. The monoisotopic (exact) mass is 342 g/mol. The van der Waals surface area contributed by atoms with Gasteiger partial charge in [-0.25, -0.2) is 4.98 Å². The minimum absolute atomic E-state index is 0.298. The zero-order valence-electron chi connectivity index (χ0n) is 14.6. The molecule has 0 aliphatic carbocycles. The number of carbonyl (C=O) groups excluding carboxylic acids is 1. The van der Waals surface area contributed by atoms with Crippen LogP contribution in [0.2, 0.25) is 0 Å². The molecule has 0 unspecified atom stereocenters. The second-order valence-corrected chi connectivity index (χ2v) is 6.02. The quantitative estimate of drug-likeness (QED) is 0.728. The first-order valence-corrected chi connectivity index (χ1v) is 8.17. The first kappa shape index (κ1) is 17.2. The van der Waals surface area contributed by atoms with E-state index in [0.717, 1.165) is 16.9 Å². The van der Waals surface area contributed by atoms with E-state index in [0.29, 0.717) is 16.9 Å². The molecule has 3 rings (SSSR count). The molecule has 0 aliphatic rings. The van der Waals surface area contributed by atoms with Gasteiger partial charge in [0.25, 0.3) is 5.91 Å². The third kappa shape index (κ3) is 4.05. The highest BCUT2D eigenvalue weighted by Gasteiger charge is 2.08. The number of rotatable bonds is 4. The van der Waals surface area contributed by atoms with Crippen molar-refractivity contribution in [3.05, 3.63) is 83.2 Å². The summed E-state index contributed by atoms with van der Waals surface area (Å²) in [6, 6.07) is 18.4. The third-order valence-corrected chi connectivity index (χ3v) is 3.93. The van der Waals surface area contributed by atoms with Crippen molar-refractivity contribution in [2.24, 2.45) is 0 Å². The molecule has 3 aromatic rings. The number of nitrogens with one attached hydrogen (secondary N) is 2. The summed E-state index contributed by atoms with van der Waals surface area (Å²) in [7, 11) is 0. The van der Waals surface area contributed by atoms with Crippen molar-refractivity contribution in [2.45, 2.75) is 13.8 Å². The maximum absolute atomic E-state index is 12.3. The molecule has 0 saturated heterocycles. The molecule has 0 saturated carbocycles. The lowest BCUT2D eigenvalue weighted by Gasteiger charge is -2.10. The van der Waals surface area contributed by atoms with Gasteiger partial charge in [0.1, 0.15) is 5.69 Å². The summed E-state index contributed by atoms with van der Waals surface area (Å²) in [6.07, 6.45) is 1.63. The predicted octanol–water partition coefficient (Wildman–Crippen LogP) is 4.57. The number of nitriles is 1. The molecule has 2 aromatic carbocycles. The molecule has 0 spiro atoms. The molecule has 26 heavy (non-hydrogen) atoms. The van der Waals surface area contributed by atoms with Crippen LogP contribution < -0.4 is 10.6 Å². The Labute approximate surface area is 152 Å². The summed E-state index contributed by atoms with van der Waals surface area (Å²) in [5, 5.41) is 14.9. The van der Waals surface area contributed by atoms with Gasteiger partial charge >= 0.3 is 0 Å². The van der Waals surface area contributed by atoms with Crippen molar-refractivity contribution < 1.29 is 4.79 Å². The third-order valence-electron chi connectivity index (χ3n) is 3.93. The summed E-state index contributed by atoms with van der Waals surface area (Å²) in [5.41, 5.74) is 5.66. The van der Waals surface area contributed by atoms with Crippen LogP contribution in [0, 0.1) is 25.2 Å². The molecule has 5 nitrogen and oxygen atoms in total. The van der Waals surface area contributed by atoms with Gasteiger partial charge in [0.2, 0.25) is 0 Å². The van der Waals surface area contributed by atoms with Gasteiger partial charge in [-0.15, -0.1) is 0 Å². The number of aryl methyl sites for hydroxylation is 2. The maximum atomic E-state index is 12.3. The molecule has 1 heterocycles. The number of benzene rings is 2.